The Kier molecular flexibility index (Phi) is 5.85. The third-order valence-electron chi connectivity index (χ3n) is 4.64. The van der Waals surface area contributed by atoms with Crippen molar-refractivity contribution >= 4 is 11.0 Å². The maximum Gasteiger partial charge on any atom is 0.257 e. The average molecular weight is 413 g/mol. The van der Waals surface area contributed by atoms with Crippen molar-refractivity contribution in [2.24, 2.45) is 0 Å². The topological polar surface area (TPSA) is 103 Å². The molecule has 0 fully saturated rings. The Balaban J connectivity index is 1.54. The first-order valence-corrected chi connectivity index (χ1v) is 9.49. The molecule has 4 heterocycles. The summed E-state index contributed by atoms with van der Waals surface area (Å²) in [6.45, 7) is 0.241. The third kappa shape index (κ3) is 4.51. The maximum absolute atomic E-state index is 9.52. The van der Waals surface area contributed by atoms with Gasteiger partial charge in [-0.15, -0.1) is 0 Å². The smallest absolute Gasteiger partial charge is 0.257 e. The van der Waals surface area contributed by atoms with Gasteiger partial charge in [0.25, 0.3) is 5.88 Å². The highest BCUT2D eigenvalue weighted by molar-refractivity contribution is 5.75. The van der Waals surface area contributed by atoms with E-state index in [4.69, 9.17) is 14.2 Å². The molecule has 0 N–H and O–H groups in total. The fourth-order valence-electron chi connectivity index (χ4n) is 3.05. The van der Waals surface area contributed by atoms with Gasteiger partial charge in [0.1, 0.15) is 18.4 Å². The highest BCUT2D eigenvalue weighted by Crippen LogP contribution is 2.27. The first kappa shape index (κ1) is 20.0. The van der Waals surface area contributed by atoms with Crippen molar-refractivity contribution in [3.05, 3.63) is 77.5 Å². The van der Waals surface area contributed by atoms with Gasteiger partial charge in [-0.25, -0.2) is 9.97 Å². The number of pyridine rings is 4. The second-order valence-electron chi connectivity index (χ2n) is 6.64. The van der Waals surface area contributed by atoms with Crippen LogP contribution in [0.4, 0.5) is 0 Å². The maximum atomic E-state index is 9.52. The molecule has 0 saturated heterocycles. The van der Waals surface area contributed by atoms with Crippen molar-refractivity contribution in [2.75, 3.05) is 14.2 Å². The van der Waals surface area contributed by atoms with Crippen LogP contribution in [0.1, 0.15) is 22.5 Å². The molecule has 0 radical (unpaired) electrons. The molecule has 8 heteroatoms. The molecule has 0 amide bonds. The predicted molar refractivity (Wildman–Crippen MR) is 113 cm³/mol. The fraction of sp³-hybridized carbons (Fsp3) is 0.174. The molecular formula is C23H19N5O3. The summed E-state index contributed by atoms with van der Waals surface area (Å²) in [5.74, 6) is 1.53. The lowest BCUT2D eigenvalue weighted by Crippen LogP contribution is -2.03. The van der Waals surface area contributed by atoms with Gasteiger partial charge in [-0.05, 0) is 42.0 Å². The van der Waals surface area contributed by atoms with E-state index in [-0.39, 0.29) is 6.61 Å². The van der Waals surface area contributed by atoms with E-state index in [0.717, 1.165) is 16.8 Å². The van der Waals surface area contributed by atoms with Crippen LogP contribution >= 0.6 is 0 Å². The minimum atomic E-state index is 0.241. The Bertz CT molecular complexity index is 1250. The summed E-state index contributed by atoms with van der Waals surface area (Å²) >= 11 is 0. The number of hydrogen-bond donors (Lipinski definition) is 0. The first-order chi connectivity index (χ1) is 15.2. The average Bonchev–Trinajstić information content (AvgIpc) is 2.83. The number of methoxy groups -OCH3 is 2. The first-order valence-electron chi connectivity index (χ1n) is 9.49. The van der Waals surface area contributed by atoms with Crippen LogP contribution in [-0.2, 0) is 13.0 Å². The lowest BCUT2D eigenvalue weighted by atomic mass is 10.1. The molecule has 0 unspecified atom stereocenters. The molecule has 31 heavy (non-hydrogen) atoms. The summed E-state index contributed by atoms with van der Waals surface area (Å²) in [7, 11) is 3.15. The molecule has 0 spiro atoms. The molecule has 154 valence electrons. The van der Waals surface area contributed by atoms with Crippen molar-refractivity contribution < 1.29 is 14.2 Å². The van der Waals surface area contributed by atoms with E-state index >= 15 is 0 Å². The lowest BCUT2D eigenvalue weighted by Gasteiger charge is -2.11. The van der Waals surface area contributed by atoms with Gasteiger partial charge in [-0.2, -0.15) is 5.26 Å². The summed E-state index contributed by atoms with van der Waals surface area (Å²) in [5.41, 5.74) is 4.15. The van der Waals surface area contributed by atoms with Crippen molar-refractivity contribution in [2.45, 2.75) is 13.0 Å². The largest absolute Gasteiger partial charge is 0.495 e. The van der Waals surface area contributed by atoms with Gasteiger partial charge in [0.15, 0.2) is 5.75 Å². The summed E-state index contributed by atoms with van der Waals surface area (Å²) in [4.78, 5) is 17.5. The highest BCUT2D eigenvalue weighted by atomic mass is 16.5. The zero-order chi connectivity index (χ0) is 21.6. The minimum absolute atomic E-state index is 0.241. The van der Waals surface area contributed by atoms with Crippen molar-refractivity contribution in [3.63, 3.8) is 0 Å². The van der Waals surface area contributed by atoms with Crippen LogP contribution in [0.15, 0.2) is 55.0 Å². The van der Waals surface area contributed by atoms with E-state index in [2.05, 4.69) is 26.0 Å². The Labute approximate surface area is 179 Å². The Morgan fingerprint density at radius 1 is 0.968 bits per heavy atom. The van der Waals surface area contributed by atoms with Gasteiger partial charge in [-0.3, -0.25) is 9.97 Å². The van der Waals surface area contributed by atoms with Gasteiger partial charge in [0.05, 0.1) is 48.4 Å². The van der Waals surface area contributed by atoms with Crippen LogP contribution in [0.25, 0.3) is 11.0 Å². The minimum Gasteiger partial charge on any atom is -0.495 e. The van der Waals surface area contributed by atoms with Crippen LogP contribution in [0.2, 0.25) is 0 Å². The lowest BCUT2D eigenvalue weighted by molar-refractivity contribution is 0.268. The van der Waals surface area contributed by atoms with Crippen LogP contribution in [-0.4, -0.2) is 34.2 Å². The van der Waals surface area contributed by atoms with Crippen LogP contribution in [0, 0.1) is 11.3 Å². The van der Waals surface area contributed by atoms with Crippen LogP contribution in [0.3, 0.4) is 0 Å². The number of ether oxygens (including phenoxy) is 3. The molecule has 4 rings (SSSR count). The number of hydrogen-bond acceptors (Lipinski definition) is 8. The highest BCUT2D eigenvalue weighted by Gasteiger charge is 2.13. The molecule has 4 aromatic heterocycles. The van der Waals surface area contributed by atoms with Crippen LogP contribution in [0.5, 0.6) is 17.4 Å². The predicted octanol–water partition coefficient (Wildman–Crippen LogP) is 3.48. The van der Waals surface area contributed by atoms with E-state index in [1.807, 2.05) is 30.3 Å². The van der Waals surface area contributed by atoms with Gasteiger partial charge in [0, 0.05) is 18.8 Å². The van der Waals surface area contributed by atoms with E-state index in [9.17, 15) is 5.26 Å². The molecule has 0 aliphatic rings. The summed E-state index contributed by atoms with van der Waals surface area (Å²) in [5, 5.41) is 9.52. The zero-order valence-electron chi connectivity index (χ0n) is 17.1. The molecule has 0 aliphatic heterocycles. The van der Waals surface area contributed by atoms with Crippen LogP contribution < -0.4 is 14.2 Å². The number of nitriles is 1. The second kappa shape index (κ2) is 9.05. The number of rotatable bonds is 7. The van der Waals surface area contributed by atoms with E-state index < -0.39 is 0 Å². The Hall–Kier alpha value is -4.25. The zero-order valence-corrected chi connectivity index (χ0v) is 17.1. The number of fused-ring (bicyclic) bond motifs is 1. The van der Waals surface area contributed by atoms with E-state index in [1.54, 1.807) is 38.9 Å². The monoisotopic (exact) mass is 413 g/mol. The number of nitrogens with zero attached hydrogens (tertiary/aromatic N) is 5. The quantitative estimate of drug-likeness (QED) is 0.454. The van der Waals surface area contributed by atoms with Crippen molar-refractivity contribution in [1.29, 1.82) is 5.26 Å². The van der Waals surface area contributed by atoms with Gasteiger partial charge >= 0.3 is 0 Å². The molecule has 0 bridgehead atoms. The molecular weight excluding hydrogens is 394 g/mol. The van der Waals surface area contributed by atoms with E-state index in [0.29, 0.717) is 40.6 Å². The molecule has 0 aromatic carbocycles. The number of aromatic nitrogens is 4. The molecule has 0 aliphatic carbocycles. The summed E-state index contributed by atoms with van der Waals surface area (Å²) in [6.07, 6.45) is 5.43. The van der Waals surface area contributed by atoms with Gasteiger partial charge < -0.3 is 14.2 Å². The second-order valence-corrected chi connectivity index (χ2v) is 6.64. The summed E-state index contributed by atoms with van der Waals surface area (Å²) < 4.78 is 16.3. The van der Waals surface area contributed by atoms with Gasteiger partial charge in [0.2, 0.25) is 0 Å². The summed E-state index contributed by atoms with van der Waals surface area (Å²) in [6, 6.07) is 13.1. The Morgan fingerprint density at radius 2 is 1.87 bits per heavy atom. The molecule has 4 aromatic rings. The van der Waals surface area contributed by atoms with Gasteiger partial charge in [-0.1, -0.05) is 0 Å². The van der Waals surface area contributed by atoms with Crippen molar-refractivity contribution in [3.8, 4) is 23.4 Å². The van der Waals surface area contributed by atoms with Crippen molar-refractivity contribution in [1.82, 2.24) is 19.9 Å². The normalized spacial score (nSPS) is 10.5. The molecule has 0 atom stereocenters. The van der Waals surface area contributed by atoms with E-state index in [1.165, 1.54) is 0 Å². The standard InChI is InChI=1S/C23H19N5O3/c1-29-18-6-5-17(26-13-18)14-31-23-22(30-2)9-15(12-27-23)8-20-16(11-24)10-21-19(28-20)4-3-7-25-21/h3-7,9-10,12-13H,8,14H2,1-2H3. The SMILES string of the molecule is COc1ccc(COc2ncc(Cc3nc4cccnc4cc3C#N)cc2OC)nc1. The molecule has 8 nitrogen and oxygen atoms in total. The molecule has 0 saturated carbocycles. The Morgan fingerprint density at radius 3 is 2.61 bits per heavy atom. The third-order valence-corrected chi connectivity index (χ3v) is 4.64. The fourth-order valence-corrected chi connectivity index (χ4v) is 3.05.